The third-order valence-electron chi connectivity index (χ3n) is 4.48. The molecule has 5 heteroatoms. The quantitative estimate of drug-likeness (QED) is 0.584. The van der Waals surface area contributed by atoms with Crippen LogP contribution >= 0.6 is 0 Å². The van der Waals surface area contributed by atoms with Crippen LogP contribution in [-0.4, -0.2) is 20.7 Å². The number of aryl methyl sites for hydroxylation is 3. The van der Waals surface area contributed by atoms with Crippen molar-refractivity contribution >= 4 is 22.6 Å². The molecule has 2 aromatic carbocycles. The fourth-order valence-electron chi connectivity index (χ4n) is 3.18. The van der Waals surface area contributed by atoms with Crippen LogP contribution in [0.5, 0.6) is 0 Å². The molecule has 0 fully saturated rings. The lowest BCUT2D eigenvalue weighted by Crippen LogP contribution is -2.15. The number of nitrogens with one attached hydrogen (secondary N) is 1. The maximum absolute atomic E-state index is 12.7. The van der Waals surface area contributed by atoms with Crippen molar-refractivity contribution in [1.82, 2.24) is 14.8 Å². The first-order chi connectivity index (χ1) is 13.0. The zero-order valence-electron chi connectivity index (χ0n) is 15.5. The maximum Gasteiger partial charge on any atom is 0.256 e. The number of hydrogen-bond donors (Lipinski definition) is 1. The Morgan fingerprint density at radius 3 is 2.59 bits per heavy atom. The van der Waals surface area contributed by atoms with E-state index >= 15 is 0 Å². The van der Waals surface area contributed by atoms with Gasteiger partial charge in [0.1, 0.15) is 5.82 Å². The molecule has 0 atom stereocenters. The Balaban J connectivity index is 1.74. The van der Waals surface area contributed by atoms with E-state index in [4.69, 9.17) is 4.98 Å². The van der Waals surface area contributed by atoms with E-state index in [2.05, 4.69) is 23.4 Å². The summed E-state index contributed by atoms with van der Waals surface area (Å²) in [6.07, 6.45) is 0. The number of aromatic nitrogens is 3. The molecular weight excluding hydrogens is 336 g/mol. The molecule has 4 aromatic rings. The van der Waals surface area contributed by atoms with E-state index in [1.807, 2.05) is 62.4 Å². The van der Waals surface area contributed by atoms with Crippen LogP contribution in [0.4, 0.5) is 5.82 Å². The Labute approximate surface area is 157 Å². The maximum atomic E-state index is 12.7. The molecule has 0 aliphatic heterocycles. The number of anilines is 1. The largest absolute Gasteiger partial charge is 0.306 e. The Kier molecular flexibility index (Phi) is 4.20. The molecule has 0 bridgehead atoms. The van der Waals surface area contributed by atoms with Crippen LogP contribution in [0.15, 0.2) is 60.7 Å². The molecule has 134 valence electrons. The zero-order valence-corrected chi connectivity index (χ0v) is 15.5. The number of fused-ring (bicyclic) bond motifs is 1. The van der Waals surface area contributed by atoms with Gasteiger partial charge in [-0.25, -0.2) is 4.98 Å². The molecule has 0 radical (unpaired) electrons. The molecule has 2 heterocycles. The summed E-state index contributed by atoms with van der Waals surface area (Å²) in [7, 11) is 0. The Bertz CT molecular complexity index is 1160. The molecule has 0 aliphatic rings. The van der Waals surface area contributed by atoms with Crippen molar-refractivity contribution in [2.45, 2.75) is 20.8 Å². The summed E-state index contributed by atoms with van der Waals surface area (Å²) < 4.78 is 1.68. The van der Waals surface area contributed by atoms with Gasteiger partial charge in [-0.3, -0.25) is 4.79 Å². The smallest absolute Gasteiger partial charge is 0.256 e. The molecule has 0 saturated heterocycles. The van der Waals surface area contributed by atoms with Crippen LogP contribution in [0.25, 0.3) is 16.7 Å². The van der Waals surface area contributed by atoms with Crippen molar-refractivity contribution < 1.29 is 4.79 Å². The minimum atomic E-state index is -0.169. The number of para-hydroxylation sites is 1. The van der Waals surface area contributed by atoms with E-state index in [0.29, 0.717) is 17.2 Å². The van der Waals surface area contributed by atoms with Gasteiger partial charge in [-0.05, 0) is 50.6 Å². The Morgan fingerprint density at radius 2 is 1.78 bits per heavy atom. The van der Waals surface area contributed by atoms with Gasteiger partial charge in [-0.2, -0.15) is 9.78 Å². The number of carbonyl (C=O) groups excluding carboxylic acids is 1. The summed E-state index contributed by atoms with van der Waals surface area (Å²) in [4.78, 5) is 17.4. The number of benzene rings is 2. The first kappa shape index (κ1) is 17.0. The zero-order chi connectivity index (χ0) is 19.0. The van der Waals surface area contributed by atoms with Crippen LogP contribution in [0.3, 0.4) is 0 Å². The van der Waals surface area contributed by atoms with Gasteiger partial charge < -0.3 is 5.32 Å². The fourth-order valence-corrected chi connectivity index (χ4v) is 3.18. The Morgan fingerprint density at radius 1 is 0.963 bits per heavy atom. The summed E-state index contributed by atoms with van der Waals surface area (Å²) in [6, 6.07) is 19.3. The second kappa shape index (κ2) is 6.68. The monoisotopic (exact) mass is 356 g/mol. The van der Waals surface area contributed by atoms with E-state index < -0.39 is 0 Å². The number of rotatable bonds is 3. The van der Waals surface area contributed by atoms with Crippen molar-refractivity contribution in [2.24, 2.45) is 0 Å². The molecule has 4 rings (SSSR count). The number of carbonyl (C=O) groups is 1. The summed E-state index contributed by atoms with van der Waals surface area (Å²) >= 11 is 0. The molecule has 0 saturated carbocycles. The van der Waals surface area contributed by atoms with Crippen LogP contribution < -0.4 is 5.32 Å². The lowest BCUT2D eigenvalue weighted by molar-refractivity contribution is 0.102. The van der Waals surface area contributed by atoms with E-state index in [9.17, 15) is 4.79 Å². The number of amides is 1. The highest BCUT2D eigenvalue weighted by Gasteiger charge is 2.14. The van der Waals surface area contributed by atoms with Gasteiger partial charge in [-0.1, -0.05) is 35.9 Å². The van der Waals surface area contributed by atoms with E-state index in [1.165, 1.54) is 0 Å². The molecular formula is C22H20N4O. The summed E-state index contributed by atoms with van der Waals surface area (Å²) in [5, 5.41) is 8.60. The molecule has 0 spiro atoms. The first-order valence-electron chi connectivity index (χ1n) is 8.83. The van der Waals surface area contributed by atoms with Gasteiger partial charge in [0, 0.05) is 17.0 Å². The van der Waals surface area contributed by atoms with Gasteiger partial charge in [0.25, 0.3) is 5.91 Å². The third-order valence-corrected chi connectivity index (χ3v) is 4.48. The van der Waals surface area contributed by atoms with Gasteiger partial charge in [0.15, 0.2) is 5.82 Å². The molecule has 27 heavy (non-hydrogen) atoms. The van der Waals surface area contributed by atoms with E-state index in [-0.39, 0.29) is 5.91 Å². The number of hydrogen-bond acceptors (Lipinski definition) is 3. The molecule has 1 N–H and O–H groups in total. The third kappa shape index (κ3) is 3.31. The SMILES string of the molecule is Cc1cccc(C(=O)Nc2cc(C)nn2-c2cc(C)c3ccccc3n2)c1. The van der Waals surface area contributed by atoms with E-state index in [1.54, 1.807) is 10.7 Å². The van der Waals surface area contributed by atoms with Gasteiger partial charge in [-0.15, -0.1) is 0 Å². The minimum Gasteiger partial charge on any atom is -0.306 e. The molecule has 5 nitrogen and oxygen atoms in total. The summed E-state index contributed by atoms with van der Waals surface area (Å²) in [6.45, 7) is 5.91. The van der Waals surface area contributed by atoms with Crippen molar-refractivity contribution in [3.05, 3.63) is 83.0 Å². The van der Waals surface area contributed by atoms with Crippen molar-refractivity contribution in [1.29, 1.82) is 0 Å². The highest BCUT2D eigenvalue weighted by molar-refractivity contribution is 6.04. The summed E-state index contributed by atoms with van der Waals surface area (Å²) in [5.74, 6) is 1.11. The van der Waals surface area contributed by atoms with Gasteiger partial charge >= 0.3 is 0 Å². The molecule has 2 aromatic heterocycles. The average Bonchev–Trinajstić information content (AvgIpc) is 3.02. The first-order valence-corrected chi connectivity index (χ1v) is 8.83. The van der Waals surface area contributed by atoms with Crippen molar-refractivity contribution in [2.75, 3.05) is 5.32 Å². The van der Waals surface area contributed by atoms with Crippen LogP contribution in [0.2, 0.25) is 0 Å². The van der Waals surface area contributed by atoms with Crippen LogP contribution in [-0.2, 0) is 0 Å². The van der Waals surface area contributed by atoms with Crippen LogP contribution in [0.1, 0.15) is 27.2 Å². The number of pyridine rings is 1. The van der Waals surface area contributed by atoms with Gasteiger partial charge in [0.2, 0.25) is 0 Å². The van der Waals surface area contributed by atoms with Gasteiger partial charge in [0.05, 0.1) is 11.2 Å². The topological polar surface area (TPSA) is 59.8 Å². The fraction of sp³-hybridized carbons (Fsp3) is 0.136. The standard InChI is InChI=1S/C22H20N4O/c1-14-7-6-8-17(11-14)22(27)24-21-13-16(3)25-26(21)20-12-15(2)18-9-4-5-10-19(18)23-20/h4-13H,1-3H3,(H,24,27). The second-order valence-corrected chi connectivity index (χ2v) is 6.72. The molecule has 1 amide bonds. The normalized spacial score (nSPS) is 10.9. The Hall–Kier alpha value is -3.47. The predicted molar refractivity (Wildman–Crippen MR) is 107 cm³/mol. The summed E-state index contributed by atoms with van der Waals surface area (Å²) in [5.41, 5.74) is 4.47. The van der Waals surface area contributed by atoms with E-state index in [0.717, 1.165) is 27.7 Å². The predicted octanol–water partition coefficient (Wildman–Crippen LogP) is 4.60. The lowest BCUT2D eigenvalue weighted by Gasteiger charge is -2.11. The molecule has 0 unspecified atom stereocenters. The minimum absolute atomic E-state index is 0.169. The lowest BCUT2D eigenvalue weighted by atomic mass is 10.1. The van der Waals surface area contributed by atoms with Crippen molar-refractivity contribution in [3.8, 4) is 5.82 Å². The average molecular weight is 356 g/mol. The highest BCUT2D eigenvalue weighted by atomic mass is 16.1. The number of nitrogens with zero attached hydrogens (tertiary/aromatic N) is 3. The molecule has 0 aliphatic carbocycles. The highest BCUT2D eigenvalue weighted by Crippen LogP contribution is 2.22. The van der Waals surface area contributed by atoms with Crippen LogP contribution in [0, 0.1) is 20.8 Å². The second-order valence-electron chi connectivity index (χ2n) is 6.72. The van der Waals surface area contributed by atoms with Crippen molar-refractivity contribution in [3.63, 3.8) is 0 Å².